The van der Waals surface area contributed by atoms with Gasteiger partial charge in [-0.25, -0.2) is 4.79 Å². The summed E-state index contributed by atoms with van der Waals surface area (Å²) in [6.45, 7) is 4.39. The summed E-state index contributed by atoms with van der Waals surface area (Å²) in [6.07, 6.45) is 1.36. The highest BCUT2D eigenvalue weighted by Gasteiger charge is 2.31. The van der Waals surface area contributed by atoms with Crippen LogP contribution < -0.4 is 0 Å². The van der Waals surface area contributed by atoms with Gasteiger partial charge in [-0.2, -0.15) is 0 Å². The first kappa shape index (κ1) is 16.3. The first-order chi connectivity index (χ1) is 11.4. The van der Waals surface area contributed by atoms with Gasteiger partial charge in [-0.1, -0.05) is 31.8 Å². The maximum Gasteiger partial charge on any atom is 0.335 e. The fourth-order valence-electron chi connectivity index (χ4n) is 3.14. The minimum absolute atomic E-state index is 0.0371. The molecule has 0 bridgehead atoms. The van der Waals surface area contributed by atoms with Crippen LogP contribution in [0.4, 0.5) is 0 Å². The Morgan fingerprint density at radius 2 is 1.71 bits per heavy atom. The van der Waals surface area contributed by atoms with Gasteiger partial charge in [0.2, 0.25) is 0 Å². The molecule has 122 valence electrons. The van der Waals surface area contributed by atoms with E-state index in [2.05, 4.69) is 31.8 Å². The molecule has 24 heavy (non-hydrogen) atoms. The lowest BCUT2D eigenvalue weighted by atomic mass is 9.71. The van der Waals surface area contributed by atoms with E-state index < -0.39 is 12.1 Å². The van der Waals surface area contributed by atoms with Crippen molar-refractivity contribution in [2.45, 2.75) is 38.2 Å². The van der Waals surface area contributed by atoms with Gasteiger partial charge in [0, 0.05) is 11.1 Å². The standard InChI is InChI=1S/C21H20O3/c1-21(2)12-11-19(22)17-10-7-15(13-18(17)21)4-3-14-5-8-16(9-6-14)20(23)24/h5-10,13,19,22H,11-12H2,1-2H3,(H,23,24). The Morgan fingerprint density at radius 1 is 1.08 bits per heavy atom. The fraction of sp³-hybridized carbons (Fsp3) is 0.286. The molecule has 2 aromatic rings. The van der Waals surface area contributed by atoms with Crippen LogP contribution in [0.3, 0.4) is 0 Å². The fourth-order valence-corrected chi connectivity index (χ4v) is 3.14. The number of carboxylic acids is 1. The summed E-state index contributed by atoms with van der Waals surface area (Å²) in [5.41, 5.74) is 4.13. The highest BCUT2D eigenvalue weighted by atomic mass is 16.4. The Balaban J connectivity index is 1.91. The summed E-state index contributed by atoms with van der Waals surface area (Å²) >= 11 is 0. The molecule has 0 amide bonds. The minimum atomic E-state index is -0.940. The number of aliphatic hydroxyl groups excluding tert-OH is 1. The van der Waals surface area contributed by atoms with Gasteiger partial charge in [-0.15, -0.1) is 0 Å². The molecule has 1 atom stereocenters. The van der Waals surface area contributed by atoms with E-state index in [9.17, 15) is 9.90 Å². The van der Waals surface area contributed by atoms with Crippen LogP contribution in [-0.2, 0) is 5.41 Å². The minimum Gasteiger partial charge on any atom is -0.478 e. The van der Waals surface area contributed by atoms with Gasteiger partial charge in [-0.3, -0.25) is 0 Å². The lowest BCUT2D eigenvalue weighted by molar-refractivity contribution is 0.0697. The normalized spacial score (nSPS) is 18.2. The first-order valence-electron chi connectivity index (χ1n) is 8.05. The van der Waals surface area contributed by atoms with Gasteiger partial charge in [0.15, 0.2) is 0 Å². The van der Waals surface area contributed by atoms with Gasteiger partial charge < -0.3 is 10.2 Å². The third-order valence-electron chi connectivity index (χ3n) is 4.67. The van der Waals surface area contributed by atoms with Crippen LogP contribution in [-0.4, -0.2) is 16.2 Å². The van der Waals surface area contributed by atoms with Gasteiger partial charge in [0.05, 0.1) is 11.7 Å². The monoisotopic (exact) mass is 320 g/mol. The molecule has 1 aliphatic rings. The number of aromatic carboxylic acids is 1. The van der Waals surface area contributed by atoms with E-state index in [0.29, 0.717) is 0 Å². The van der Waals surface area contributed by atoms with E-state index in [4.69, 9.17) is 5.11 Å². The van der Waals surface area contributed by atoms with E-state index in [-0.39, 0.29) is 11.0 Å². The van der Waals surface area contributed by atoms with E-state index >= 15 is 0 Å². The maximum absolute atomic E-state index is 10.9. The van der Waals surface area contributed by atoms with Crippen molar-refractivity contribution in [3.05, 3.63) is 70.3 Å². The molecule has 3 rings (SSSR count). The number of carbonyl (C=O) groups is 1. The quantitative estimate of drug-likeness (QED) is 0.784. The predicted octanol–water partition coefficient (Wildman–Crippen LogP) is 3.89. The number of benzene rings is 2. The van der Waals surface area contributed by atoms with Crippen molar-refractivity contribution in [3.8, 4) is 11.8 Å². The summed E-state index contributed by atoms with van der Waals surface area (Å²) in [5, 5.41) is 19.1. The summed E-state index contributed by atoms with van der Waals surface area (Å²) in [5.74, 6) is 5.26. The largest absolute Gasteiger partial charge is 0.478 e. The molecule has 3 heteroatoms. The van der Waals surface area contributed by atoms with Crippen molar-refractivity contribution < 1.29 is 15.0 Å². The van der Waals surface area contributed by atoms with Crippen LogP contribution in [0.25, 0.3) is 0 Å². The van der Waals surface area contributed by atoms with Crippen LogP contribution in [0, 0.1) is 11.8 Å². The van der Waals surface area contributed by atoms with Crippen LogP contribution in [0.1, 0.15) is 65.4 Å². The van der Waals surface area contributed by atoms with Gasteiger partial charge in [0.1, 0.15) is 0 Å². The van der Waals surface area contributed by atoms with Crippen molar-refractivity contribution >= 4 is 5.97 Å². The molecule has 3 nitrogen and oxygen atoms in total. The number of hydrogen-bond donors (Lipinski definition) is 2. The van der Waals surface area contributed by atoms with E-state index in [1.165, 1.54) is 0 Å². The van der Waals surface area contributed by atoms with Crippen LogP contribution in [0.2, 0.25) is 0 Å². The van der Waals surface area contributed by atoms with Crippen molar-refractivity contribution in [1.82, 2.24) is 0 Å². The second-order valence-corrected chi connectivity index (χ2v) is 6.87. The van der Waals surface area contributed by atoms with Crippen molar-refractivity contribution in [1.29, 1.82) is 0 Å². The molecule has 1 aliphatic carbocycles. The molecule has 1 unspecified atom stereocenters. The van der Waals surface area contributed by atoms with Gasteiger partial charge in [0.25, 0.3) is 0 Å². The van der Waals surface area contributed by atoms with Gasteiger partial charge in [-0.05, 0) is 65.8 Å². The van der Waals surface area contributed by atoms with Gasteiger partial charge >= 0.3 is 5.97 Å². The predicted molar refractivity (Wildman–Crippen MR) is 93.0 cm³/mol. The zero-order valence-corrected chi connectivity index (χ0v) is 13.8. The average molecular weight is 320 g/mol. The molecule has 0 heterocycles. The Kier molecular flexibility index (Phi) is 4.17. The van der Waals surface area contributed by atoms with E-state index in [0.717, 1.165) is 35.1 Å². The summed E-state index contributed by atoms with van der Waals surface area (Å²) < 4.78 is 0. The second kappa shape index (κ2) is 6.14. The Morgan fingerprint density at radius 3 is 2.38 bits per heavy atom. The number of aliphatic hydroxyl groups is 1. The zero-order valence-electron chi connectivity index (χ0n) is 13.8. The Bertz CT molecular complexity index is 836. The van der Waals surface area contributed by atoms with Crippen LogP contribution in [0.15, 0.2) is 42.5 Å². The highest BCUT2D eigenvalue weighted by molar-refractivity contribution is 5.87. The molecule has 2 aromatic carbocycles. The zero-order chi connectivity index (χ0) is 17.3. The summed E-state index contributed by atoms with van der Waals surface area (Å²) in [4.78, 5) is 10.9. The molecule has 0 fully saturated rings. The molecule has 0 radical (unpaired) electrons. The number of hydrogen-bond acceptors (Lipinski definition) is 2. The van der Waals surface area contributed by atoms with Crippen molar-refractivity contribution in [2.24, 2.45) is 0 Å². The third-order valence-corrected chi connectivity index (χ3v) is 4.67. The smallest absolute Gasteiger partial charge is 0.335 e. The number of carboxylic acid groups (broad SMARTS) is 1. The molecule has 0 saturated heterocycles. The molecular formula is C21H20O3. The molecule has 0 aromatic heterocycles. The third kappa shape index (κ3) is 3.20. The van der Waals surface area contributed by atoms with E-state index in [1.807, 2.05) is 12.1 Å². The highest BCUT2D eigenvalue weighted by Crippen LogP contribution is 2.41. The molecule has 0 saturated carbocycles. The second-order valence-electron chi connectivity index (χ2n) is 6.87. The summed E-state index contributed by atoms with van der Waals surface area (Å²) in [6, 6.07) is 12.5. The Labute approximate surface area is 142 Å². The average Bonchev–Trinajstić information content (AvgIpc) is 2.57. The number of rotatable bonds is 1. The number of fused-ring (bicyclic) bond motifs is 1. The van der Waals surface area contributed by atoms with E-state index in [1.54, 1.807) is 24.3 Å². The van der Waals surface area contributed by atoms with Crippen molar-refractivity contribution in [2.75, 3.05) is 0 Å². The van der Waals surface area contributed by atoms with Crippen LogP contribution in [0.5, 0.6) is 0 Å². The lowest BCUT2D eigenvalue weighted by Gasteiger charge is -2.35. The Hall–Kier alpha value is -2.57. The topological polar surface area (TPSA) is 57.5 Å². The van der Waals surface area contributed by atoms with Crippen LogP contribution >= 0.6 is 0 Å². The summed E-state index contributed by atoms with van der Waals surface area (Å²) in [7, 11) is 0. The van der Waals surface area contributed by atoms with Crippen molar-refractivity contribution in [3.63, 3.8) is 0 Å². The molecule has 0 aliphatic heterocycles. The maximum atomic E-state index is 10.9. The lowest BCUT2D eigenvalue weighted by Crippen LogP contribution is -2.26. The SMILES string of the molecule is CC1(C)CCC(O)c2ccc(C#Cc3ccc(C(=O)O)cc3)cc21. The first-order valence-corrected chi connectivity index (χ1v) is 8.05. The molecule has 2 N–H and O–H groups in total. The molecular weight excluding hydrogens is 300 g/mol. The molecule has 0 spiro atoms.